The minimum absolute atomic E-state index is 0.141. The van der Waals surface area contributed by atoms with Gasteiger partial charge in [0.15, 0.2) is 5.82 Å². The third kappa shape index (κ3) is 3.35. The molecule has 1 aliphatic heterocycles. The fourth-order valence-corrected chi connectivity index (χ4v) is 3.47. The number of amides is 1. The molecule has 4 aromatic rings. The topological polar surface area (TPSA) is 81.9 Å². The number of benzene rings is 1. The SMILES string of the molecule is O=C1NCCOc2nc(-c3ccc4c(c3)cc(C(F)(F)F)n4-c3ccccn3)ncc21. The van der Waals surface area contributed by atoms with Gasteiger partial charge in [-0.3, -0.25) is 9.36 Å². The Labute approximate surface area is 173 Å². The lowest BCUT2D eigenvalue weighted by Crippen LogP contribution is -2.24. The Morgan fingerprint density at radius 1 is 1.10 bits per heavy atom. The monoisotopic (exact) mass is 425 g/mol. The molecule has 31 heavy (non-hydrogen) atoms. The maximum absolute atomic E-state index is 13.7. The van der Waals surface area contributed by atoms with Gasteiger partial charge in [0.2, 0.25) is 5.88 Å². The molecule has 0 aliphatic carbocycles. The van der Waals surface area contributed by atoms with E-state index in [2.05, 4.69) is 20.3 Å². The number of carbonyl (C=O) groups excluding carboxylic acids is 1. The molecule has 0 atom stereocenters. The van der Waals surface area contributed by atoms with Crippen molar-refractivity contribution in [2.45, 2.75) is 6.18 Å². The van der Waals surface area contributed by atoms with Crippen LogP contribution in [0.1, 0.15) is 16.1 Å². The molecule has 7 nitrogen and oxygen atoms in total. The number of alkyl halides is 3. The predicted octanol–water partition coefficient (Wildman–Crippen LogP) is 3.62. The van der Waals surface area contributed by atoms with Crippen LogP contribution in [0, 0.1) is 0 Å². The zero-order chi connectivity index (χ0) is 21.6. The maximum atomic E-state index is 13.7. The summed E-state index contributed by atoms with van der Waals surface area (Å²) >= 11 is 0. The van der Waals surface area contributed by atoms with Gasteiger partial charge in [0.25, 0.3) is 5.91 Å². The first-order valence-corrected chi connectivity index (χ1v) is 9.34. The molecule has 1 amide bonds. The number of pyridine rings is 1. The molecule has 4 heterocycles. The fourth-order valence-electron chi connectivity index (χ4n) is 3.47. The molecule has 3 aromatic heterocycles. The number of nitrogens with zero attached hydrogens (tertiary/aromatic N) is 4. The smallest absolute Gasteiger partial charge is 0.431 e. The molecule has 0 unspecified atom stereocenters. The number of halogens is 3. The second kappa shape index (κ2) is 7.08. The summed E-state index contributed by atoms with van der Waals surface area (Å²) in [6, 6.07) is 10.6. The number of nitrogens with one attached hydrogen (secondary N) is 1. The van der Waals surface area contributed by atoms with E-state index in [4.69, 9.17) is 4.74 Å². The second-order valence-corrected chi connectivity index (χ2v) is 6.84. The zero-order valence-corrected chi connectivity index (χ0v) is 15.8. The summed E-state index contributed by atoms with van der Waals surface area (Å²) in [5.74, 6) is 0.214. The number of hydrogen-bond donors (Lipinski definition) is 1. The van der Waals surface area contributed by atoms with Crippen molar-refractivity contribution in [3.05, 3.63) is 66.1 Å². The highest BCUT2D eigenvalue weighted by Gasteiger charge is 2.36. The van der Waals surface area contributed by atoms with Gasteiger partial charge in [-0.25, -0.2) is 9.97 Å². The van der Waals surface area contributed by atoms with Crippen LogP contribution in [-0.4, -0.2) is 38.6 Å². The maximum Gasteiger partial charge on any atom is 0.431 e. The summed E-state index contributed by atoms with van der Waals surface area (Å²) in [4.78, 5) is 24.6. The molecule has 0 spiro atoms. The van der Waals surface area contributed by atoms with E-state index in [0.717, 1.165) is 10.6 Å². The molecule has 0 bridgehead atoms. The highest BCUT2D eigenvalue weighted by molar-refractivity contribution is 5.96. The number of rotatable bonds is 2. The largest absolute Gasteiger partial charge is 0.475 e. The Morgan fingerprint density at radius 3 is 2.74 bits per heavy atom. The minimum Gasteiger partial charge on any atom is -0.475 e. The fraction of sp³-hybridized carbons (Fsp3) is 0.143. The summed E-state index contributed by atoms with van der Waals surface area (Å²) in [6.07, 6.45) is -1.78. The summed E-state index contributed by atoms with van der Waals surface area (Å²) in [6.45, 7) is 0.605. The molecule has 1 aliphatic rings. The van der Waals surface area contributed by atoms with Crippen molar-refractivity contribution in [2.75, 3.05) is 13.2 Å². The third-order valence-electron chi connectivity index (χ3n) is 4.85. The van der Waals surface area contributed by atoms with Crippen molar-refractivity contribution in [3.8, 4) is 23.1 Å². The average molecular weight is 425 g/mol. The van der Waals surface area contributed by atoms with Crippen molar-refractivity contribution in [3.63, 3.8) is 0 Å². The van der Waals surface area contributed by atoms with E-state index in [0.29, 0.717) is 23.0 Å². The van der Waals surface area contributed by atoms with E-state index in [-0.39, 0.29) is 35.6 Å². The van der Waals surface area contributed by atoms with Gasteiger partial charge in [0.1, 0.15) is 23.7 Å². The van der Waals surface area contributed by atoms with Crippen molar-refractivity contribution < 1.29 is 22.7 Å². The van der Waals surface area contributed by atoms with Gasteiger partial charge in [0.05, 0.1) is 12.1 Å². The Morgan fingerprint density at radius 2 is 1.97 bits per heavy atom. The molecule has 0 fully saturated rings. The standard InChI is InChI=1S/C21H14F3N5O2/c22-21(23,24)16-10-13-9-12(4-5-15(13)29(16)17-3-1-2-6-25-17)18-27-11-14-19(30)26-7-8-31-20(14)28-18/h1-6,9-11H,7-8H2,(H,26,30). The first-order valence-electron chi connectivity index (χ1n) is 9.34. The summed E-state index contributed by atoms with van der Waals surface area (Å²) < 4.78 is 47.8. The van der Waals surface area contributed by atoms with Crippen LogP contribution in [-0.2, 0) is 6.18 Å². The molecule has 5 rings (SSSR count). The van der Waals surface area contributed by atoms with Crippen LogP contribution >= 0.6 is 0 Å². The van der Waals surface area contributed by atoms with Crippen LogP contribution in [0.25, 0.3) is 28.1 Å². The Bertz CT molecular complexity index is 1300. The molecular weight excluding hydrogens is 411 g/mol. The van der Waals surface area contributed by atoms with Crippen LogP contribution in [0.3, 0.4) is 0 Å². The Hall–Kier alpha value is -3.95. The van der Waals surface area contributed by atoms with E-state index >= 15 is 0 Å². The number of ether oxygens (including phenoxy) is 1. The molecule has 10 heteroatoms. The van der Waals surface area contributed by atoms with Gasteiger partial charge in [-0.1, -0.05) is 6.07 Å². The van der Waals surface area contributed by atoms with E-state index in [9.17, 15) is 18.0 Å². The van der Waals surface area contributed by atoms with Gasteiger partial charge in [-0.2, -0.15) is 18.2 Å². The zero-order valence-electron chi connectivity index (χ0n) is 15.8. The summed E-state index contributed by atoms with van der Waals surface area (Å²) in [5.41, 5.74) is 0.222. The lowest BCUT2D eigenvalue weighted by atomic mass is 10.1. The first kappa shape index (κ1) is 19.0. The molecule has 1 aromatic carbocycles. The Kier molecular flexibility index (Phi) is 4.35. The van der Waals surface area contributed by atoms with Gasteiger partial charge in [0, 0.05) is 23.3 Å². The number of carbonyl (C=O) groups is 1. The van der Waals surface area contributed by atoms with E-state index in [1.165, 1.54) is 18.5 Å². The minimum atomic E-state index is -4.57. The highest BCUT2D eigenvalue weighted by Crippen LogP contribution is 2.37. The van der Waals surface area contributed by atoms with Crippen LogP contribution in [0.2, 0.25) is 0 Å². The van der Waals surface area contributed by atoms with Gasteiger partial charge in [-0.05, 0) is 36.4 Å². The van der Waals surface area contributed by atoms with Gasteiger partial charge >= 0.3 is 6.18 Å². The molecule has 0 radical (unpaired) electrons. The van der Waals surface area contributed by atoms with Crippen LogP contribution in [0.5, 0.6) is 5.88 Å². The van der Waals surface area contributed by atoms with Crippen LogP contribution < -0.4 is 10.1 Å². The van der Waals surface area contributed by atoms with Crippen molar-refractivity contribution in [2.24, 2.45) is 0 Å². The molecule has 156 valence electrons. The van der Waals surface area contributed by atoms with E-state index < -0.39 is 11.9 Å². The number of hydrogen-bond acceptors (Lipinski definition) is 5. The number of fused-ring (bicyclic) bond motifs is 2. The Balaban J connectivity index is 1.65. The summed E-state index contributed by atoms with van der Waals surface area (Å²) in [5, 5.41) is 3.02. The van der Waals surface area contributed by atoms with E-state index in [1.807, 2.05) is 0 Å². The summed E-state index contributed by atoms with van der Waals surface area (Å²) in [7, 11) is 0. The normalized spacial score (nSPS) is 14.0. The highest BCUT2D eigenvalue weighted by atomic mass is 19.4. The number of aromatic nitrogens is 4. The third-order valence-corrected chi connectivity index (χ3v) is 4.85. The van der Waals surface area contributed by atoms with Crippen LogP contribution in [0.15, 0.2) is 54.9 Å². The van der Waals surface area contributed by atoms with Crippen LogP contribution in [0.4, 0.5) is 13.2 Å². The quantitative estimate of drug-likeness (QED) is 0.531. The first-order chi connectivity index (χ1) is 14.9. The van der Waals surface area contributed by atoms with Gasteiger partial charge < -0.3 is 10.1 Å². The van der Waals surface area contributed by atoms with E-state index in [1.54, 1.807) is 30.3 Å². The van der Waals surface area contributed by atoms with Gasteiger partial charge in [-0.15, -0.1) is 0 Å². The molecule has 1 N–H and O–H groups in total. The van der Waals surface area contributed by atoms with Crippen molar-refractivity contribution in [1.82, 2.24) is 24.8 Å². The second-order valence-electron chi connectivity index (χ2n) is 6.84. The molecular formula is C21H14F3N5O2. The average Bonchev–Trinajstić information content (AvgIpc) is 3.06. The molecule has 0 saturated heterocycles. The predicted molar refractivity (Wildman–Crippen MR) is 105 cm³/mol. The lowest BCUT2D eigenvalue weighted by molar-refractivity contribution is -0.142. The molecule has 0 saturated carbocycles. The van der Waals surface area contributed by atoms with Crippen molar-refractivity contribution in [1.29, 1.82) is 0 Å². The lowest BCUT2D eigenvalue weighted by Gasteiger charge is -2.12. The van der Waals surface area contributed by atoms with Crippen molar-refractivity contribution >= 4 is 16.8 Å².